The topological polar surface area (TPSA) is 54.0 Å². The molecule has 116 valence electrons. The predicted molar refractivity (Wildman–Crippen MR) is 76.3 cm³/mol. The maximum absolute atomic E-state index is 12.6. The lowest BCUT2D eigenvalue weighted by atomic mass is 10.2. The number of rotatable bonds is 3. The minimum atomic E-state index is -4.44. The van der Waals surface area contributed by atoms with E-state index in [1.807, 2.05) is 13.0 Å². The van der Waals surface area contributed by atoms with Crippen LogP contribution >= 0.6 is 0 Å². The third-order valence-electron chi connectivity index (χ3n) is 2.86. The standard InChI is InChI=1S/C15H14F3N3O/c1-10-7-11(5-6-19-10)9-20-14(22)21-13-4-2-3-12(8-13)15(16,17)18/h2-8H,9H2,1H3,(H2,20,21,22). The largest absolute Gasteiger partial charge is 0.416 e. The van der Waals surface area contributed by atoms with Gasteiger partial charge >= 0.3 is 12.2 Å². The van der Waals surface area contributed by atoms with Gasteiger partial charge in [-0.3, -0.25) is 4.98 Å². The third-order valence-corrected chi connectivity index (χ3v) is 2.86. The molecule has 2 amide bonds. The monoisotopic (exact) mass is 309 g/mol. The molecule has 2 rings (SSSR count). The Morgan fingerprint density at radius 3 is 2.68 bits per heavy atom. The number of anilines is 1. The fourth-order valence-corrected chi connectivity index (χ4v) is 1.85. The van der Waals surface area contributed by atoms with Crippen molar-refractivity contribution in [2.45, 2.75) is 19.6 Å². The number of amides is 2. The van der Waals surface area contributed by atoms with E-state index in [9.17, 15) is 18.0 Å². The van der Waals surface area contributed by atoms with Gasteiger partial charge in [0.15, 0.2) is 0 Å². The zero-order valence-electron chi connectivity index (χ0n) is 11.7. The van der Waals surface area contributed by atoms with Crippen LogP contribution in [0.15, 0.2) is 42.6 Å². The molecular weight excluding hydrogens is 295 g/mol. The Bertz CT molecular complexity index is 671. The second-order valence-electron chi connectivity index (χ2n) is 4.69. The average molecular weight is 309 g/mol. The molecule has 1 heterocycles. The van der Waals surface area contributed by atoms with Gasteiger partial charge in [-0.15, -0.1) is 0 Å². The van der Waals surface area contributed by atoms with Crippen molar-refractivity contribution < 1.29 is 18.0 Å². The van der Waals surface area contributed by atoms with Crippen LogP contribution in [0.5, 0.6) is 0 Å². The zero-order valence-corrected chi connectivity index (χ0v) is 11.7. The molecule has 0 aliphatic heterocycles. The van der Waals surface area contributed by atoms with E-state index in [0.717, 1.165) is 23.4 Å². The summed E-state index contributed by atoms with van der Waals surface area (Å²) in [5.74, 6) is 0. The number of halogens is 3. The molecule has 0 bridgehead atoms. The van der Waals surface area contributed by atoms with Gasteiger partial charge in [0.1, 0.15) is 0 Å². The Labute approximate surface area is 125 Å². The molecule has 0 unspecified atom stereocenters. The highest BCUT2D eigenvalue weighted by atomic mass is 19.4. The highest BCUT2D eigenvalue weighted by Crippen LogP contribution is 2.30. The van der Waals surface area contributed by atoms with E-state index in [2.05, 4.69) is 15.6 Å². The van der Waals surface area contributed by atoms with Crippen LogP contribution in [0.2, 0.25) is 0 Å². The Morgan fingerprint density at radius 2 is 2.00 bits per heavy atom. The van der Waals surface area contributed by atoms with Gasteiger partial charge in [0.25, 0.3) is 0 Å². The fourth-order valence-electron chi connectivity index (χ4n) is 1.85. The lowest BCUT2D eigenvalue weighted by molar-refractivity contribution is -0.137. The van der Waals surface area contributed by atoms with Gasteiger partial charge in [-0.25, -0.2) is 4.79 Å². The molecule has 2 N–H and O–H groups in total. The minimum absolute atomic E-state index is 0.0817. The van der Waals surface area contributed by atoms with Crippen LogP contribution < -0.4 is 10.6 Å². The number of aryl methyl sites for hydroxylation is 1. The number of hydrogen-bond acceptors (Lipinski definition) is 2. The van der Waals surface area contributed by atoms with Gasteiger partial charge in [-0.1, -0.05) is 6.07 Å². The number of carbonyl (C=O) groups is 1. The van der Waals surface area contributed by atoms with Crippen LogP contribution in [0.4, 0.5) is 23.7 Å². The first-order valence-corrected chi connectivity index (χ1v) is 6.48. The van der Waals surface area contributed by atoms with Gasteiger partial charge in [-0.2, -0.15) is 13.2 Å². The first-order valence-electron chi connectivity index (χ1n) is 6.48. The molecular formula is C15H14F3N3O. The Balaban J connectivity index is 1.95. The molecule has 7 heteroatoms. The van der Waals surface area contributed by atoms with Crippen molar-refractivity contribution in [3.8, 4) is 0 Å². The van der Waals surface area contributed by atoms with Gasteiger partial charge in [0, 0.05) is 24.1 Å². The van der Waals surface area contributed by atoms with Crippen molar-refractivity contribution in [3.63, 3.8) is 0 Å². The first kappa shape index (κ1) is 15.8. The van der Waals surface area contributed by atoms with E-state index >= 15 is 0 Å². The number of pyridine rings is 1. The van der Waals surface area contributed by atoms with E-state index in [4.69, 9.17) is 0 Å². The number of alkyl halides is 3. The molecule has 22 heavy (non-hydrogen) atoms. The minimum Gasteiger partial charge on any atom is -0.334 e. The number of aromatic nitrogens is 1. The molecule has 0 spiro atoms. The predicted octanol–water partition coefficient (Wildman–Crippen LogP) is 3.73. The van der Waals surface area contributed by atoms with Crippen LogP contribution in [0.1, 0.15) is 16.8 Å². The van der Waals surface area contributed by atoms with Crippen LogP contribution in [-0.4, -0.2) is 11.0 Å². The van der Waals surface area contributed by atoms with E-state index in [1.165, 1.54) is 12.1 Å². The molecule has 0 fully saturated rings. The Morgan fingerprint density at radius 1 is 1.23 bits per heavy atom. The maximum atomic E-state index is 12.6. The molecule has 4 nitrogen and oxygen atoms in total. The summed E-state index contributed by atoms with van der Waals surface area (Å²) in [6, 6.07) is 7.45. The summed E-state index contributed by atoms with van der Waals surface area (Å²) in [6.45, 7) is 2.08. The SMILES string of the molecule is Cc1cc(CNC(=O)Nc2cccc(C(F)(F)F)c2)ccn1. The highest BCUT2D eigenvalue weighted by Gasteiger charge is 2.30. The van der Waals surface area contributed by atoms with Gasteiger partial charge in [0.2, 0.25) is 0 Å². The van der Waals surface area contributed by atoms with Crippen molar-refractivity contribution in [3.05, 3.63) is 59.4 Å². The van der Waals surface area contributed by atoms with Crippen molar-refractivity contribution in [2.75, 3.05) is 5.32 Å². The summed E-state index contributed by atoms with van der Waals surface area (Å²) in [6.07, 6.45) is -2.82. The lowest BCUT2D eigenvalue weighted by Gasteiger charge is -2.11. The number of carbonyl (C=O) groups excluding carboxylic acids is 1. The molecule has 0 saturated heterocycles. The third kappa shape index (κ3) is 4.47. The molecule has 0 radical (unpaired) electrons. The number of nitrogens with zero attached hydrogens (tertiary/aromatic N) is 1. The number of benzene rings is 1. The smallest absolute Gasteiger partial charge is 0.334 e. The molecule has 1 aromatic heterocycles. The Hall–Kier alpha value is -2.57. The van der Waals surface area contributed by atoms with Crippen molar-refractivity contribution >= 4 is 11.7 Å². The number of nitrogens with one attached hydrogen (secondary N) is 2. The van der Waals surface area contributed by atoms with Crippen LogP contribution in [0, 0.1) is 6.92 Å². The van der Waals surface area contributed by atoms with E-state index in [-0.39, 0.29) is 12.2 Å². The van der Waals surface area contributed by atoms with Crippen LogP contribution in [0.3, 0.4) is 0 Å². The zero-order chi connectivity index (χ0) is 16.2. The maximum Gasteiger partial charge on any atom is 0.416 e. The molecule has 0 aliphatic carbocycles. The second-order valence-corrected chi connectivity index (χ2v) is 4.69. The van der Waals surface area contributed by atoms with Gasteiger partial charge < -0.3 is 10.6 Å². The van der Waals surface area contributed by atoms with Gasteiger partial charge in [0.05, 0.1) is 5.56 Å². The quantitative estimate of drug-likeness (QED) is 0.907. The Kier molecular flexibility index (Phi) is 4.65. The molecule has 1 aromatic carbocycles. The summed E-state index contributed by atoms with van der Waals surface area (Å²) < 4.78 is 37.7. The van der Waals surface area contributed by atoms with E-state index in [1.54, 1.807) is 12.3 Å². The summed E-state index contributed by atoms with van der Waals surface area (Å²) in [5, 5.41) is 4.95. The molecule has 0 saturated carbocycles. The van der Waals surface area contributed by atoms with Crippen molar-refractivity contribution in [2.24, 2.45) is 0 Å². The first-order chi connectivity index (χ1) is 10.3. The summed E-state index contributed by atoms with van der Waals surface area (Å²) >= 11 is 0. The average Bonchev–Trinajstić information content (AvgIpc) is 2.45. The summed E-state index contributed by atoms with van der Waals surface area (Å²) in [4.78, 5) is 15.7. The van der Waals surface area contributed by atoms with Crippen LogP contribution in [-0.2, 0) is 12.7 Å². The molecule has 0 atom stereocenters. The normalized spacial score (nSPS) is 11.1. The van der Waals surface area contributed by atoms with Crippen molar-refractivity contribution in [1.29, 1.82) is 0 Å². The van der Waals surface area contributed by atoms with Crippen LogP contribution in [0.25, 0.3) is 0 Å². The fraction of sp³-hybridized carbons (Fsp3) is 0.200. The van der Waals surface area contributed by atoms with Gasteiger partial charge in [-0.05, 0) is 42.8 Å². The van der Waals surface area contributed by atoms with E-state index in [0.29, 0.717) is 0 Å². The highest BCUT2D eigenvalue weighted by molar-refractivity contribution is 5.89. The van der Waals surface area contributed by atoms with E-state index < -0.39 is 17.8 Å². The summed E-state index contributed by atoms with van der Waals surface area (Å²) in [7, 11) is 0. The summed E-state index contributed by atoms with van der Waals surface area (Å²) in [5.41, 5.74) is 0.942. The molecule has 2 aromatic rings. The molecule has 0 aliphatic rings. The number of urea groups is 1. The van der Waals surface area contributed by atoms with Crippen molar-refractivity contribution in [1.82, 2.24) is 10.3 Å². The lowest BCUT2D eigenvalue weighted by Crippen LogP contribution is -2.28. The number of hydrogen-bond donors (Lipinski definition) is 2. The second kappa shape index (κ2) is 6.46.